The summed E-state index contributed by atoms with van der Waals surface area (Å²) in [6, 6.07) is 6.53. The summed E-state index contributed by atoms with van der Waals surface area (Å²) in [5, 5.41) is 13.9. The van der Waals surface area contributed by atoms with Gasteiger partial charge in [-0.3, -0.25) is 4.79 Å². The molecule has 0 amide bonds. The number of allylic oxidation sites excluding steroid dienone is 2. The van der Waals surface area contributed by atoms with Crippen LogP contribution in [0, 0.1) is 11.7 Å². The number of nitrogens with one attached hydrogen (secondary N) is 1. The number of anilines is 1. The molecule has 0 saturated heterocycles. The third kappa shape index (κ3) is 3.22. The fraction of sp³-hybridized carbons (Fsp3) is 0.400. The Balaban J connectivity index is 1.36. The van der Waals surface area contributed by atoms with Crippen LogP contribution in [0.1, 0.15) is 72.2 Å². The van der Waals surface area contributed by atoms with Crippen molar-refractivity contribution >= 4 is 38.9 Å². The molecular formula is C25H24FN3O2S. The highest BCUT2D eigenvalue weighted by Gasteiger charge is 2.40. The molecule has 3 aliphatic carbocycles. The molecule has 0 aliphatic heterocycles. The van der Waals surface area contributed by atoms with Crippen LogP contribution in [0.4, 0.5) is 10.2 Å². The number of aromatic nitrogens is 2. The molecule has 1 unspecified atom stereocenters. The summed E-state index contributed by atoms with van der Waals surface area (Å²) in [7, 11) is 0. The van der Waals surface area contributed by atoms with E-state index in [0.29, 0.717) is 25.3 Å². The molecule has 1 aromatic carbocycles. The number of aliphatic carboxylic acids is 1. The third-order valence-corrected chi connectivity index (χ3v) is 8.41. The van der Waals surface area contributed by atoms with Gasteiger partial charge in [0.2, 0.25) is 0 Å². The van der Waals surface area contributed by atoms with E-state index in [9.17, 15) is 14.3 Å². The van der Waals surface area contributed by atoms with Crippen LogP contribution in [0.15, 0.2) is 30.3 Å². The fourth-order valence-corrected chi connectivity index (χ4v) is 6.79. The quantitative estimate of drug-likeness (QED) is 0.494. The molecule has 3 aliphatic rings. The van der Waals surface area contributed by atoms with Crippen LogP contribution >= 0.6 is 11.3 Å². The Bertz CT molecular complexity index is 1240. The summed E-state index contributed by atoms with van der Waals surface area (Å²) in [5.74, 6) is 1.23. The number of carbonyl (C=O) groups is 1. The van der Waals surface area contributed by atoms with Crippen molar-refractivity contribution in [1.82, 2.24) is 9.97 Å². The summed E-state index contributed by atoms with van der Waals surface area (Å²) in [4.78, 5) is 23.8. The Labute approximate surface area is 189 Å². The van der Waals surface area contributed by atoms with Crippen LogP contribution in [0.2, 0.25) is 0 Å². The van der Waals surface area contributed by atoms with E-state index in [1.54, 1.807) is 23.5 Å². The maximum atomic E-state index is 13.3. The molecule has 1 saturated carbocycles. The second-order valence-electron chi connectivity index (χ2n) is 9.11. The maximum absolute atomic E-state index is 13.3. The predicted molar refractivity (Wildman–Crippen MR) is 123 cm³/mol. The smallest absolute Gasteiger partial charge is 0.306 e. The van der Waals surface area contributed by atoms with Crippen LogP contribution in [-0.2, 0) is 11.3 Å². The first kappa shape index (κ1) is 19.9. The van der Waals surface area contributed by atoms with Crippen LogP contribution in [0.25, 0.3) is 15.8 Å². The topological polar surface area (TPSA) is 75.1 Å². The van der Waals surface area contributed by atoms with E-state index >= 15 is 0 Å². The average molecular weight is 450 g/mol. The van der Waals surface area contributed by atoms with Crippen molar-refractivity contribution in [2.75, 3.05) is 5.32 Å². The first-order chi connectivity index (χ1) is 15.6. The minimum atomic E-state index is -0.695. The van der Waals surface area contributed by atoms with Crippen LogP contribution < -0.4 is 5.32 Å². The Kier molecular flexibility index (Phi) is 4.75. The van der Waals surface area contributed by atoms with Gasteiger partial charge in [-0.15, -0.1) is 11.3 Å². The van der Waals surface area contributed by atoms with Gasteiger partial charge in [0, 0.05) is 28.8 Å². The van der Waals surface area contributed by atoms with Gasteiger partial charge >= 0.3 is 5.97 Å². The molecule has 2 N–H and O–H groups in total. The Morgan fingerprint density at radius 1 is 1.12 bits per heavy atom. The lowest BCUT2D eigenvalue weighted by atomic mass is 9.79. The number of carboxylic acid groups (broad SMARTS) is 1. The second-order valence-corrected chi connectivity index (χ2v) is 10.1. The van der Waals surface area contributed by atoms with Gasteiger partial charge in [0.05, 0.1) is 11.3 Å². The second kappa shape index (κ2) is 7.66. The highest BCUT2D eigenvalue weighted by atomic mass is 32.1. The minimum absolute atomic E-state index is 0.190. The number of benzene rings is 1. The predicted octanol–water partition coefficient (Wildman–Crippen LogP) is 6.08. The van der Waals surface area contributed by atoms with Crippen LogP contribution in [-0.4, -0.2) is 21.0 Å². The van der Waals surface area contributed by atoms with Gasteiger partial charge in [0.1, 0.15) is 22.3 Å². The highest BCUT2D eigenvalue weighted by Crippen LogP contribution is 2.59. The Morgan fingerprint density at radius 3 is 2.66 bits per heavy atom. The molecule has 1 fully saturated rings. The fourth-order valence-electron chi connectivity index (χ4n) is 5.44. The van der Waals surface area contributed by atoms with Crippen molar-refractivity contribution in [3.8, 4) is 0 Å². The molecule has 6 rings (SSSR count). The van der Waals surface area contributed by atoms with Gasteiger partial charge in [-0.1, -0.05) is 18.2 Å². The SMILES string of the molecule is O=C(O)C1CCC(c2nc(NCc3ccc(F)cc3)c3c4c(sc3n2)C2CCC=C42)CC1. The molecule has 7 heteroatoms. The summed E-state index contributed by atoms with van der Waals surface area (Å²) in [5.41, 5.74) is 3.75. The van der Waals surface area contributed by atoms with E-state index in [1.807, 2.05) is 0 Å². The molecular weight excluding hydrogens is 425 g/mol. The molecule has 1 atom stereocenters. The van der Waals surface area contributed by atoms with E-state index in [-0.39, 0.29) is 17.7 Å². The number of hydrogen-bond donors (Lipinski definition) is 2. The number of carboxylic acids is 1. The molecule has 2 heterocycles. The van der Waals surface area contributed by atoms with E-state index in [2.05, 4.69) is 11.4 Å². The lowest BCUT2D eigenvalue weighted by Crippen LogP contribution is -2.21. The summed E-state index contributed by atoms with van der Waals surface area (Å²) < 4.78 is 13.3. The molecule has 32 heavy (non-hydrogen) atoms. The molecule has 164 valence electrons. The molecule has 0 radical (unpaired) electrons. The van der Waals surface area contributed by atoms with Crippen LogP contribution in [0.3, 0.4) is 0 Å². The number of halogens is 1. The first-order valence-corrected chi connectivity index (χ1v) is 12.2. The first-order valence-electron chi connectivity index (χ1n) is 11.3. The van der Waals surface area contributed by atoms with E-state index in [4.69, 9.17) is 9.97 Å². The van der Waals surface area contributed by atoms with Crippen molar-refractivity contribution in [2.24, 2.45) is 5.92 Å². The molecule has 0 bridgehead atoms. The zero-order chi connectivity index (χ0) is 21.8. The van der Waals surface area contributed by atoms with Crippen LogP contribution in [0.5, 0.6) is 0 Å². The van der Waals surface area contributed by atoms with Gasteiger partial charge < -0.3 is 10.4 Å². The Morgan fingerprint density at radius 2 is 1.91 bits per heavy atom. The standard InChI is InChI=1S/C25H24FN3O2S/c26-16-10-4-13(5-11-16)12-27-23-20-19-17-2-1-3-18(17)21(19)32-24(20)29-22(28-23)14-6-8-15(9-7-14)25(30)31/h2,4-5,10-11,14-15,18H,1,3,6-9,12H2,(H,30,31)(H,27,28,29). The summed E-state index contributed by atoms with van der Waals surface area (Å²) in [6.07, 6.45) is 7.63. The normalized spacial score (nSPS) is 23.9. The number of hydrogen-bond acceptors (Lipinski definition) is 5. The van der Waals surface area contributed by atoms with Crippen molar-refractivity contribution in [3.05, 3.63) is 58.0 Å². The molecule has 3 aromatic rings. The monoisotopic (exact) mass is 449 g/mol. The third-order valence-electron chi connectivity index (χ3n) is 7.21. The summed E-state index contributed by atoms with van der Waals surface area (Å²) in [6.45, 7) is 0.560. The van der Waals surface area contributed by atoms with Gasteiger partial charge in [-0.05, 0) is 61.8 Å². The van der Waals surface area contributed by atoms with Crippen molar-refractivity contribution in [3.63, 3.8) is 0 Å². The Hall–Kier alpha value is -2.80. The minimum Gasteiger partial charge on any atom is -0.481 e. The number of rotatable bonds is 5. The van der Waals surface area contributed by atoms with Gasteiger partial charge in [0.15, 0.2) is 0 Å². The lowest BCUT2D eigenvalue weighted by Gasteiger charge is -2.27. The van der Waals surface area contributed by atoms with Gasteiger partial charge in [-0.25, -0.2) is 14.4 Å². The highest BCUT2D eigenvalue weighted by molar-refractivity contribution is 7.19. The van der Waals surface area contributed by atoms with E-state index in [1.165, 1.54) is 34.6 Å². The summed E-state index contributed by atoms with van der Waals surface area (Å²) >= 11 is 1.79. The van der Waals surface area contributed by atoms with Gasteiger partial charge in [-0.2, -0.15) is 0 Å². The van der Waals surface area contributed by atoms with Crippen molar-refractivity contribution in [1.29, 1.82) is 0 Å². The number of nitrogens with zero attached hydrogens (tertiary/aromatic N) is 2. The average Bonchev–Trinajstić information content (AvgIpc) is 3.36. The zero-order valence-corrected chi connectivity index (χ0v) is 18.4. The molecule has 5 nitrogen and oxygen atoms in total. The lowest BCUT2D eigenvalue weighted by molar-refractivity contribution is -0.142. The van der Waals surface area contributed by atoms with E-state index < -0.39 is 5.97 Å². The number of thiophene rings is 1. The molecule has 0 spiro atoms. The number of fused-ring (bicyclic) bond motifs is 6. The largest absolute Gasteiger partial charge is 0.481 e. The zero-order valence-electron chi connectivity index (χ0n) is 17.6. The van der Waals surface area contributed by atoms with E-state index in [0.717, 1.165) is 46.7 Å². The van der Waals surface area contributed by atoms with Crippen molar-refractivity contribution < 1.29 is 14.3 Å². The van der Waals surface area contributed by atoms with Gasteiger partial charge in [0.25, 0.3) is 0 Å². The maximum Gasteiger partial charge on any atom is 0.306 e. The van der Waals surface area contributed by atoms with Crippen molar-refractivity contribution in [2.45, 2.75) is 56.9 Å². The molecule has 2 aromatic heterocycles.